The summed E-state index contributed by atoms with van der Waals surface area (Å²) < 4.78 is 19.0. The van der Waals surface area contributed by atoms with Gasteiger partial charge in [0.05, 0.1) is 5.56 Å². The SMILES string of the molecule is O=C(NC1CCCC1)c1ccc([C@@H]2CCCN(C(=O)COc3ccccc3F)C2)nc1. The van der Waals surface area contributed by atoms with Crippen LogP contribution >= 0.6 is 0 Å². The fourth-order valence-electron chi connectivity index (χ4n) is 4.36. The Balaban J connectivity index is 1.32. The third kappa shape index (κ3) is 5.40. The molecule has 4 rings (SSSR count). The van der Waals surface area contributed by atoms with Crippen LogP contribution in [0.4, 0.5) is 4.39 Å². The van der Waals surface area contributed by atoms with E-state index in [0.717, 1.165) is 31.4 Å². The molecular weight excluding hydrogens is 397 g/mol. The topological polar surface area (TPSA) is 71.5 Å². The van der Waals surface area contributed by atoms with Crippen molar-refractivity contribution in [3.63, 3.8) is 0 Å². The lowest BCUT2D eigenvalue weighted by molar-refractivity contribution is -0.134. The first-order chi connectivity index (χ1) is 15.1. The van der Waals surface area contributed by atoms with E-state index in [0.29, 0.717) is 18.7 Å². The van der Waals surface area contributed by atoms with Crippen molar-refractivity contribution in [3.05, 3.63) is 59.7 Å². The molecule has 0 radical (unpaired) electrons. The summed E-state index contributed by atoms with van der Waals surface area (Å²) in [6.07, 6.45) is 7.85. The van der Waals surface area contributed by atoms with E-state index in [4.69, 9.17) is 4.74 Å². The number of benzene rings is 1. The molecule has 1 aromatic heterocycles. The van der Waals surface area contributed by atoms with Gasteiger partial charge in [0.2, 0.25) is 0 Å². The Bertz CT molecular complexity index is 913. The highest BCUT2D eigenvalue weighted by atomic mass is 19.1. The van der Waals surface area contributed by atoms with Gasteiger partial charge in [0.1, 0.15) is 0 Å². The Morgan fingerprint density at radius 3 is 2.65 bits per heavy atom. The van der Waals surface area contributed by atoms with Crippen molar-refractivity contribution in [1.82, 2.24) is 15.2 Å². The number of hydrogen-bond donors (Lipinski definition) is 1. The smallest absolute Gasteiger partial charge is 0.260 e. The van der Waals surface area contributed by atoms with Gasteiger partial charge in [-0.05, 0) is 49.9 Å². The van der Waals surface area contributed by atoms with Crippen LogP contribution in [0.15, 0.2) is 42.6 Å². The molecular formula is C24H28FN3O3. The molecule has 1 saturated heterocycles. The zero-order chi connectivity index (χ0) is 21.6. The van der Waals surface area contributed by atoms with Gasteiger partial charge in [-0.1, -0.05) is 25.0 Å². The Morgan fingerprint density at radius 2 is 1.90 bits per heavy atom. The standard InChI is InChI=1S/C24H28FN3O3/c25-20-9-3-4-10-22(20)31-16-23(29)28-13-5-6-18(15-28)21-12-11-17(14-26-21)24(30)27-19-7-1-2-8-19/h3-4,9-12,14,18-19H,1-2,5-8,13,15-16H2,(H,27,30)/t18-/m1/s1. The van der Waals surface area contributed by atoms with E-state index in [1.54, 1.807) is 23.2 Å². The summed E-state index contributed by atoms with van der Waals surface area (Å²) in [5.41, 5.74) is 1.45. The second kappa shape index (κ2) is 9.90. The molecule has 2 aliphatic rings. The minimum atomic E-state index is -0.479. The lowest BCUT2D eigenvalue weighted by Crippen LogP contribution is -2.41. The van der Waals surface area contributed by atoms with Crippen molar-refractivity contribution in [1.29, 1.82) is 0 Å². The van der Waals surface area contributed by atoms with Crippen molar-refractivity contribution in [2.45, 2.75) is 50.5 Å². The van der Waals surface area contributed by atoms with E-state index in [1.807, 2.05) is 12.1 Å². The number of piperidine rings is 1. The van der Waals surface area contributed by atoms with Gasteiger partial charge in [-0.15, -0.1) is 0 Å². The Labute approximate surface area is 181 Å². The first-order valence-corrected chi connectivity index (χ1v) is 11.0. The van der Waals surface area contributed by atoms with Crippen LogP contribution in [0.3, 0.4) is 0 Å². The molecule has 0 unspecified atom stereocenters. The average Bonchev–Trinajstić information content (AvgIpc) is 3.31. The van der Waals surface area contributed by atoms with Crippen LogP contribution in [0.5, 0.6) is 5.75 Å². The first-order valence-electron chi connectivity index (χ1n) is 11.0. The van der Waals surface area contributed by atoms with Crippen LogP contribution in [-0.4, -0.2) is 47.4 Å². The van der Waals surface area contributed by atoms with E-state index in [1.165, 1.54) is 25.0 Å². The highest BCUT2D eigenvalue weighted by Crippen LogP contribution is 2.26. The van der Waals surface area contributed by atoms with Crippen LogP contribution in [0, 0.1) is 5.82 Å². The summed E-state index contributed by atoms with van der Waals surface area (Å²) in [6.45, 7) is 0.999. The van der Waals surface area contributed by atoms with E-state index >= 15 is 0 Å². The molecule has 2 fully saturated rings. The fourth-order valence-corrected chi connectivity index (χ4v) is 4.36. The summed E-state index contributed by atoms with van der Waals surface area (Å²) in [4.78, 5) is 31.2. The number of aromatic nitrogens is 1. The summed E-state index contributed by atoms with van der Waals surface area (Å²) in [7, 11) is 0. The van der Waals surface area contributed by atoms with Gasteiger partial charge in [0, 0.05) is 36.9 Å². The number of rotatable bonds is 6. The molecule has 31 heavy (non-hydrogen) atoms. The number of nitrogens with zero attached hydrogens (tertiary/aromatic N) is 2. The van der Waals surface area contributed by atoms with Crippen molar-refractivity contribution in [2.75, 3.05) is 19.7 Å². The maximum Gasteiger partial charge on any atom is 0.260 e. The molecule has 2 aromatic rings. The molecule has 6 nitrogen and oxygen atoms in total. The lowest BCUT2D eigenvalue weighted by atomic mass is 9.94. The number of likely N-dealkylation sites (tertiary alicyclic amines) is 1. The van der Waals surface area contributed by atoms with Crippen molar-refractivity contribution >= 4 is 11.8 Å². The molecule has 1 saturated carbocycles. The maximum absolute atomic E-state index is 13.7. The van der Waals surface area contributed by atoms with Gasteiger partial charge >= 0.3 is 0 Å². The van der Waals surface area contributed by atoms with Crippen LogP contribution in [-0.2, 0) is 4.79 Å². The number of carbonyl (C=O) groups excluding carboxylic acids is 2. The van der Waals surface area contributed by atoms with E-state index < -0.39 is 5.82 Å². The highest BCUT2D eigenvalue weighted by Gasteiger charge is 2.26. The normalized spacial score (nSPS) is 19.3. The molecule has 1 N–H and O–H groups in total. The minimum Gasteiger partial charge on any atom is -0.481 e. The molecule has 7 heteroatoms. The number of halogens is 1. The second-order valence-electron chi connectivity index (χ2n) is 8.32. The van der Waals surface area contributed by atoms with E-state index in [-0.39, 0.29) is 36.1 Å². The maximum atomic E-state index is 13.7. The van der Waals surface area contributed by atoms with Crippen LogP contribution in [0.25, 0.3) is 0 Å². The van der Waals surface area contributed by atoms with Crippen LogP contribution < -0.4 is 10.1 Å². The van der Waals surface area contributed by atoms with E-state index in [9.17, 15) is 14.0 Å². The first kappa shape index (κ1) is 21.3. The molecule has 164 valence electrons. The van der Waals surface area contributed by atoms with Gasteiger partial charge in [-0.2, -0.15) is 0 Å². The number of pyridine rings is 1. The molecule has 1 aliphatic heterocycles. The Morgan fingerprint density at radius 1 is 1.10 bits per heavy atom. The van der Waals surface area contributed by atoms with Crippen LogP contribution in [0.2, 0.25) is 0 Å². The molecule has 1 aliphatic carbocycles. The summed E-state index contributed by atoms with van der Waals surface area (Å²) >= 11 is 0. The van der Waals surface area contributed by atoms with Gasteiger partial charge in [0.15, 0.2) is 18.2 Å². The number of hydrogen-bond acceptors (Lipinski definition) is 4. The Kier molecular flexibility index (Phi) is 6.79. The largest absolute Gasteiger partial charge is 0.481 e. The summed E-state index contributed by atoms with van der Waals surface area (Å²) in [5.74, 6) is -0.527. The average molecular weight is 426 g/mol. The van der Waals surface area contributed by atoms with Gasteiger partial charge < -0.3 is 15.0 Å². The number of carbonyl (C=O) groups is 2. The third-order valence-corrected chi connectivity index (χ3v) is 6.12. The van der Waals surface area contributed by atoms with Gasteiger partial charge in [-0.3, -0.25) is 14.6 Å². The summed E-state index contributed by atoms with van der Waals surface area (Å²) in [6, 6.07) is 10.0. The van der Waals surface area contributed by atoms with Crippen molar-refractivity contribution in [2.24, 2.45) is 0 Å². The predicted molar refractivity (Wildman–Crippen MR) is 114 cm³/mol. The molecule has 0 bridgehead atoms. The molecule has 2 amide bonds. The monoisotopic (exact) mass is 425 g/mol. The van der Waals surface area contributed by atoms with Crippen molar-refractivity contribution in [3.8, 4) is 5.75 Å². The van der Waals surface area contributed by atoms with Crippen molar-refractivity contribution < 1.29 is 18.7 Å². The minimum absolute atomic E-state index is 0.0725. The lowest BCUT2D eigenvalue weighted by Gasteiger charge is -2.32. The van der Waals surface area contributed by atoms with Crippen LogP contribution in [0.1, 0.15) is 60.5 Å². The highest BCUT2D eigenvalue weighted by molar-refractivity contribution is 5.94. The number of nitrogens with one attached hydrogen (secondary N) is 1. The zero-order valence-electron chi connectivity index (χ0n) is 17.6. The fraction of sp³-hybridized carbons (Fsp3) is 0.458. The summed E-state index contributed by atoms with van der Waals surface area (Å²) in [5, 5.41) is 3.08. The van der Waals surface area contributed by atoms with E-state index in [2.05, 4.69) is 10.3 Å². The third-order valence-electron chi connectivity index (χ3n) is 6.12. The molecule has 1 aromatic carbocycles. The quantitative estimate of drug-likeness (QED) is 0.767. The Hall–Kier alpha value is -2.96. The van der Waals surface area contributed by atoms with Gasteiger partial charge in [-0.25, -0.2) is 4.39 Å². The zero-order valence-corrected chi connectivity index (χ0v) is 17.6. The molecule has 2 heterocycles. The molecule has 1 atom stereocenters. The number of amides is 2. The number of ether oxygens (including phenoxy) is 1. The van der Waals surface area contributed by atoms with Gasteiger partial charge in [0.25, 0.3) is 11.8 Å². The number of para-hydroxylation sites is 1. The molecule has 0 spiro atoms. The predicted octanol–water partition coefficient (Wildman–Crippen LogP) is 3.68. The second-order valence-corrected chi connectivity index (χ2v) is 8.32.